The highest BCUT2D eigenvalue weighted by molar-refractivity contribution is 5.87. The Morgan fingerprint density at radius 1 is 1.16 bits per heavy atom. The molecule has 0 saturated heterocycles. The summed E-state index contributed by atoms with van der Waals surface area (Å²) in [6.07, 6.45) is 1.60. The summed E-state index contributed by atoms with van der Waals surface area (Å²) in [5.74, 6) is -0.611. The minimum atomic E-state index is -0.623. The Labute approximate surface area is 122 Å². The number of halogens is 1. The quantitative estimate of drug-likeness (QED) is 0.697. The van der Waals surface area contributed by atoms with Crippen molar-refractivity contribution in [2.24, 2.45) is 17.6 Å². The summed E-state index contributed by atoms with van der Waals surface area (Å²) in [6, 6.07) is -1.21. The largest absolute Gasteiger partial charge is 0.467 e. The van der Waals surface area contributed by atoms with E-state index in [9.17, 15) is 9.59 Å². The SMILES string of the molecule is CC[C@H](C)[C@H](N)C(=O)N[C@H](C(=O)OC)[C@@H](C)CC.Cl. The van der Waals surface area contributed by atoms with Crippen LogP contribution in [-0.4, -0.2) is 31.1 Å². The molecule has 0 aromatic heterocycles. The molecule has 0 aromatic carbocycles. The van der Waals surface area contributed by atoms with Crippen LogP contribution in [0.25, 0.3) is 0 Å². The fraction of sp³-hybridized carbons (Fsp3) is 0.846. The van der Waals surface area contributed by atoms with Gasteiger partial charge in [-0.2, -0.15) is 0 Å². The first-order valence-corrected chi connectivity index (χ1v) is 6.52. The lowest BCUT2D eigenvalue weighted by Gasteiger charge is -2.25. The average Bonchev–Trinajstić information content (AvgIpc) is 2.40. The van der Waals surface area contributed by atoms with Crippen LogP contribution >= 0.6 is 12.4 Å². The summed E-state index contributed by atoms with van der Waals surface area (Å²) in [6.45, 7) is 7.75. The highest BCUT2D eigenvalue weighted by Crippen LogP contribution is 2.11. The molecule has 0 aliphatic rings. The Kier molecular flexibility index (Phi) is 10.8. The van der Waals surface area contributed by atoms with E-state index in [0.717, 1.165) is 12.8 Å². The molecule has 0 bridgehead atoms. The number of hydrogen-bond acceptors (Lipinski definition) is 4. The lowest BCUT2D eigenvalue weighted by molar-refractivity contribution is -0.146. The Morgan fingerprint density at radius 2 is 1.63 bits per heavy atom. The van der Waals surface area contributed by atoms with Gasteiger partial charge in [0.15, 0.2) is 0 Å². The van der Waals surface area contributed by atoms with E-state index in [1.54, 1.807) is 0 Å². The van der Waals surface area contributed by atoms with Crippen LogP contribution in [0.5, 0.6) is 0 Å². The molecule has 5 nitrogen and oxygen atoms in total. The lowest BCUT2D eigenvalue weighted by Crippen LogP contribution is -2.53. The van der Waals surface area contributed by atoms with Gasteiger partial charge >= 0.3 is 5.97 Å². The van der Waals surface area contributed by atoms with Crippen LogP contribution in [-0.2, 0) is 14.3 Å². The van der Waals surface area contributed by atoms with Crippen LogP contribution < -0.4 is 11.1 Å². The maximum absolute atomic E-state index is 12.0. The smallest absolute Gasteiger partial charge is 0.328 e. The fourth-order valence-corrected chi connectivity index (χ4v) is 1.56. The molecule has 19 heavy (non-hydrogen) atoms. The zero-order valence-electron chi connectivity index (χ0n) is 12.4. The van der Waals surface area contributed by atoms with Gasteiger partial charge in [-0.05, 0) is 11.8 Å². The normalized spacial score (nSPS) is 16.5. The first-order valence-electron chi connectivity index (χ1n) is 6.52. The summed E-state index contributed by atoms with van der Waals surface area (Å²) in [5.41, 5.74) is 5.84. The topological polar surface area (TPSA) is 81.4 Å². The van der Waals surface area contributed by atoms with Crippen molar-refractivity contribution < 1.29 is 14.3 Å². The van der Waals surface area contributed by atoms with Crippen molar-refractivity contribution in [2.75, 3.05) is 7.11 Å². The highest BCUT2D eigenvalue weighted by atomic mass is 35.5. The number of nitrogens with two attached hydrogens (primary N) is 1. The van der Waals surface area contributed by atoms with E-state index in [1.165, 1.54) is 7.11 Å². The monoisotopic (exact) mass is 294 g/mol. The second-order valence-corrected chi connectivity index (χ2v) is 4.81. The number of hydrogen-bond donors (Lipinski definition) is 2. The first-order chi connectivity index (χ1) is 8.38. The molecule has 0 fully saturated rings. The van der Waals surface area contributed by atoms with Crippen LogP contribution in [0.15, 0.2) is 0 Å². The van der Waals surface area contributed by atoms with Crippen molar-refractivity contribution >= 4 is 24.3 Å². The van der Waals surface area contributed by atoms with E-state index < -0.39 is 18.1 Å². The van der Waals surface area contributed by atoms with Crippen molar-refractivity contribution in [2.45, 2.75) is 52.6 Å². The molecule has 0 spiro atoms. The second kappa shape index (κ2) is 10.0. The third kappa shape index (κ3) is 6.25. The van der Waals surface area contributed by atoms with Crippen molar-refractivity contribution in [3.8, 4) is 0 Å². The number of carbonyl (C=O) groups is 2. The Balaban J connectivity index is 0. The summed E-state index contributed by atoms with van der Waals surface area (Å²) in [4.78, 5) is 23.6. The summed E-state index contributed by atoms with van der Waals surface area (Å²) >= 11 is 0. The molecular weight excluding hydrogens is 268 g/mol. The van der Waals surface area contributed by atoms with Crippen LogP contribution in [0.2, 0.25) is 0 Å². The molecule has 3 N–H and O–H groups in total. The molecule has 0 aliphatic carbocycles. The molecule has 0 rings (SSSR count). The Hall–Kier alpha value is -0.810. The van der Waals surface area contributed by atoms with Gasteiger partial charge in [-0.25, -0.2) is 4.79 Å². The molecule has 0 saturated carbocycles. The van der Waals surface area contributed by atoms with Crippen molar-refractivity contribution in [1.82, 2.24) is 5.32 Å². The average molecular weight is 295 g/mol. The summed E-state index contributed by atoms with van der Waals surface area (Å²) in [7, 11) is 1.32. The Morgan fingerprint density at radius 3 is 2.00 bits per heavy atom. The van der Waals surface area contributed by atoms with E-state index in [-0.39, 0.29) is 30.2 Å². The molecule has 0 aromatic rings. The number of nitrogens with one attached hydrogen (secondary N) is 1. The summed E-state index contributed by atoms with van der Waals surface area (Å²) in [5, 5.41) is 2.69. The molecular formula is C13H27ClN2O3. The van der Waals surface area contributed by atoms with Crippen LogP contribution in [0.1, 0.15) is 40.5 Å². The fourth-order valence-electron chi connectivity index (χ4n) is 1.56. The number of esters is 1. The van der Waals surface area contributed by atoms with Crippen molar-refractivity contribution in [1.29, 1.82) is 0 Å². The van der Waals surface area contributed by atoms with Gasteiger partial charge in [0.25, 0.3) is 0 Å². The van der Waals surface area contributed by atoms with Gasteiger partial charge in [0.05, 0.1) is 13.2 Å². The van der Waals surface area contributed by atoms with Gasteiger partial charge in [-0.1, -0.05) is 40.5 Å². The van der Waals surface area contributed by atoms with Crippen LogP contribution in [0, 0.1) is 11.8 Å². The number of carbonyl (C=O) groups excluding carboxylic acids is 2. The number of amides is 1. The molecule has 1 amide bonds. The maximum atomic E-state index is 12.0. The molecule has 6 heteroatoms. The van der Waals surface area contributed by atoms with Gasteiger partial charge in [0.1, 0.15) is 6.04 Å². The van der Waals surface area contributed by atoms with Crippen LogP contribution in [0.3, 0.4) is 0 Å². The number of methoxy groups -OCH3 is 1. The molecule has 4 atom stereocenters. The van der Waals surface area contributed by atoms with Gasteiger partial charge in [-0.3, -0.25) is 4.79 Å². The van der Waals surface area contributed by atoms with Gasteiger partial charge < -0.3 is 15.8 Å². The Bertz CT molecular complexity index is 287. The van der Waals surface area contributed by atoms with E-state index in [4.69, 9.17) is 10.5 Å². The first kappa shape index (κ1) is 20.5. The number of rotatable bonds is 7. The third-order valence-corrected chi connectivity index (χ3v) is 3.53. The van der Waals surface area contributed by atoms with E-state index in [0.29, 0.717) is 0 Å². The molecule has 0 heterocycles. The minimum absolute atomic E-state index is 0. The number of ether oxygens (including phenoxy) is 1. The van der Waals surface area contributed by atoms with E-state index in [1.807, 2.05) is 27.7 Å². The van der Waals surface area contributed by atoms with Gasteiger partial charge in [-0.15, -0.1) is 12.4 Å². The van der Waals surface area contributed by atoms with Crippen LogP contribution in [0.4, 0.5) is 0 Å². The van der Waals surface area contributed by atoms with Crippen molar-refractivity contribution in [3.05, 3.63) is 0 Å². The standard InChI is InChI=1S/C13H26N2O3.ClH/c1-6-8(3)10(14)12(16)15-11(9(4)7-2)13(17)18-5;/h8-11H,6-7,14H2,1-5H3,(H,15,16);1H/t8-,9-,10-,11-;/m0./s1. The second-order valence-electron chi connectivity index (χ2n) is 4.81. The lowest BCUT2D eigenvalue weighted by atomic mass is 9.96. The molecule has 114 valence electrons. The van der Waals surface area contributed by atoms with Crippen molar-refractivity contribution in [3.63, 3.8) is 0 Å². The third-order valence-electron chi connectivity index (χ3n) is 3.53. The predicted molar refractivity (Wildman–Crippen MR) is 78.1 cm³/mol. The predicted octanol–water partition coefficient (Wildman–Crippen LogP) is 1.49. The maximum Gasteiger partial charge on any atom is 0.328 e. The zero-order valence-corrected chi connectivity index (χ0v) is 13.3. The molecule has 0 radical (unpaired) electrons. The highest BCUT2D eigenvalue weighted by Gasteiger charge is 2.29. The summed E-state index contributed by atoms with van der Waals surface area (Å²) < 4.78 is 4.71. The van der Waals surface area contributed by atoms with E-state index >= 15 is 0 Å². The molecule has 0 aliphatic heterocycles. The van der Waals surface area contributed by atoms with Gasteiger partial charge in [0, 0.05) is 0 Å². The zero-order chi connectivity index (χ0) is 14.3. The molecule has 0 unspecified atom stereocenters. The van der Waals surface area contributed by atoms with E-state index in [2.05, 4.69) is 5.32 Å². The minimum Gasteiger partial charge on any atom is -0.467 e. The van der Waals surface area contributed by atoms with Gasteiger partial charge in [0.2, 0.25) is 5.91 Å².